The van der Waals surface area contributed by atoms with Crippen LogP contribution in [-0.2, 0) is 4.74 Å². The quantitative estimate of drug-likeness (QED) is 0.656. The normalized spacial score (nSPS) is 33.7. The van der Waals surface area contributed by atoms with E-state index in [-0.39, 0.29) is 17.0 Å². The van der Waals surface area contributed by atoms with Gasteiger partial charge in [0.2, 0.25) is 0 Å². The van der Waals surface area contributed by atoms with Gasteiger partial charge in [-0.2, -0.15) is 0 Å². The lowest BCUT2D eigenvalue weighted by atomic mass is 9.71. The average Bonchev–Trinajstić information content (AvgIpc) is 2.75. The predicted molar refractivity (Wildman–Crippen MR) is 57.7 cm³/mol. The molecular formula is C11H20N2O2. The van der Waals surface area contributed by atoms with Crippen LogP contribution in [-0.4, -0.2) is 43.3 Å². The average molecular weight is 212 g/mol. The van der Waals surface area contributed by atoms with E-state index in [0.29, 0.717) is 0 Å². The van der Waals surface area contributed by atoms with E-state index in [4.69, 9.17) is 4.74 Å². The van der Waals surface area contributed by atoms with E-state index in [2.05, 4.69) is 19.2 Å². The van der Waals surface area contributed by atoms with E-state index in [1.54, 1.807) is 0 Å². The van der Waals surface area contributed by atoms with E-state index in [1.165, 1.54) is 7.11 Å². The summed E-state index contributed by atoms with van der Waals surface area (Å²) in [4.78, 5) is 13.5. The summed E-state index contributed by atoms with van der Waals surface area (Å²) >= 11 is 0. The van der Waals surface area contributed by atoms with Crippen molar-refractivity contribution in [1.82, 2.24) is 10.2 Å². The zero-order valence-corrected chi connectivity index (χ0v) is 9.80. The molecule has 1 atom stereocenters. The summed E-state index contributed by atoms with van der Waals surface area (Å²) < 4.78 is 4.84. The predicted octanol–water partition coefficient (Wildman–Crippen LogP) is 1.22. The van der Waals surface area contributed by atoms with E-state index in [1.807, 2.05) is 4.90 Å². The highest BCUT2D eigenvalue weighted by molar-refractivity contribution is 5.69. The maximum absolute atomic E-state index is 11.7. The van der Waals surface area contributed by atoms with Crippen molar-refractivity contribution in [1.29, 1.82) is 0 Å². The maximum atomic E-state index is 11.7. The molecule has 2 rings (SSSR count). The summed E-state index contributed by atoms with van der Waals surface area (Å²) in [5, 5.41) is 3.41. The molecule has 2 saturated heterocycles. The number of likely N-dealkylation sites (tertiary alicyclic amines) is 1. The number of hydrogen-bond acceptors (Lipinski definition) is 3. The van der Waals surface area contributed by atoms with Gasteiger partial charge in [0.05, 0.1) is 7.11 Å². The highest BCUT2D eigenvalue weighted by atomic mass is 16.5. The fourth-order valence-corrected chi connectivity index (χ4v) is 3.11. The van der Waals surface area contributed by atoms with Crippen molar-refractivity contribution >= 4 is 6.09 Å². The SMILES string of the molecule is COC(=O)N1CCC2(CCNC2)C1(C)C. The largest absolute Gasteiger partial charge is 0.453 e. The molecule has 0 bridgehead atoms. The molecule has 0 aromatic heterocycles. The molecule has 1 amide bonds. The standard InChI is InChI=1S/C11H20N2O2/c1-10(2)11(4-6-12-8-11)5-7-13(10)9(14)15-3/h12H,4-8H2,1-3H3. The molecule has 0 aromatic rings. The number of rotatable bonds is 0. The first-order chi connectivity index (χ1) is 7.03. The Morgan fingerprint density at radius 2 is 2.13 bits per heavy atom. The Labute approximate surface area is 91.0 Å². The molecule has 2 fully saturated rings. The van der Waals surface area contributed by atoms with Gasteiger partial charge in [-0.05, 0) is 33.2 Å². The molecule has 15 heavy (non-hydrogen) atoms. The van der Waals surface area contributed by atoms with Gasteiger partial charge < -0.3 is 15.0 Å². The number of hydrogen-bond donors (Lipinski definition) is 1. The van der Waals surface area contributed by atoms with Gasteiger partial charge in [0.15, 0.2) is 0 Å². The first-order valence-electron chi connectivity index (χ1n) is 5.60. The van der Waals surface area contributed by atoms with Crippen molar-refractivity contribution < 1.29 is 9.53 Å². The molecule has 1 unspecified atom stereocenters. The fourth-order valence-electron chi connectivity index (χ4n) is 3.11. The van der Waals surface area contributed by atoms with Crippen molar-refractivity contribution in [2.24, 2.45) is 5.41 Å². The Morgan fingerprint density at radius 1 is 1.40 bits per heavy atom. The third kappa shape index (κ3) is 1.34. The minimum atomic E-state index is -0.191. The number of nitrogens with zero attached hydrogens (tertiary/aromatic N) is 1. The molecule has 1 spiro atoms. The van der Waals surface area contributed by atoms with Crippen LogP contribution in [0.2, 0.25) is 0 Å². The Morgan fingerprint density at radius 3 is 2.67 bits per heavy atom. The third-order valence-corrected chi connectivity index (χ3v) is 4.43. The first kappa shape index (κ1) is 10.7. The van der Waals surface area contributed by atoms with Gasteiger partial charge in [-0.3, -0.25) is 0 Å². The number of ether oxygens (including phenoxy) is 1. The molecule has 0 aromatic carbocycles. The Hall–Kier alpha value is -0.770. The van der Waals surface area contributed by atoms with Crippen LogP contribution < -0.4 is 5.32 Å². The van der Waals surface area contributed by atoms with Gasteiger partial charge in [-0.1, -0.05) is 0 Å². The highest BCUT2D eigenvalue weighted by Gasteiger charge is 2.56. The van der Waals surface area contributed by atoms with Crippen LogP contribution in [0.3, 0.4) is 0 Å². The Bertz CT molecular complexity index is 270. The monoisotopic (exact) mass is 212 g/mol. The zero-order valence-electron chi connectivity index (χ0n) is 9.80. The van der Waals surface area contributed by atoms with Crippen molar-refractivity contribution in [2.75, 3.05) is 26.7 Å². The summed E-state index contributed by atoms with van der Waals surface area (Å²) in [6.07, 6.45) is 2.05. The van der Waals surface area contributed by atoms with Crippen LogP contribution in [0, 0.1) is 5.41 Å². The number of amides is 1. The van der Waals surface area contributed by atoms with E-state index >= 15 is 0 Å². The number of nitrogens with one attached hydrogen (secondary N) is 1. The number of carbonyl (C=O) groups excluding carboxylic acids is 1. The minimum absolute atomic E-state index is 0.0937. The molecule has 0 saturated carbocycles. The van der Waals surface area contributed by atoms with Gasteiger partial charge in [-0.25, -0.2) is 4.79 Å². The molecule has 2 heterocycles. The molecule has 2 aliphatic rings. The summed E-state index contributed by atoms with van der Waals surface area (Å²) in [7, 11) is 1.45. The van der Waals surface area contributed by atoms with Crippen LogP contribution in [0.5, 0.6) is 0 Å². The second-order valence-corrected chi connectivity index (χ2v) is 5.14. The van der Waals surface area contributed by atoms with Gasteiger partial charge >= 0.3 is 6.09 Å². The lowest BCUT2D eigenvalue weighted by Gasteiger charge is -2.41. The van der Waals surface area contributed by atoms with Crippen LogP contribution in [0.4, 0.5) is 4.79 Å². The van der Waals surface area contributed by atoms with Crippen molar-refractivity contribution in [3.63, 3.8) is 0 Å². The highest BCUT2D eigenvalue weighted by Crippen LogP contribution is 2.49. The van der Waals surface area contributed by atoms with Crippen molar-refractivity contribution in [3.05, 3.63) is 0 Å². The molecule has 1 N–H and O–H groups in total. The van der Waals surface area contributed by atoms with Crippen molar-refractivity contribution in [2.45, 2.75) is 32.2 Å². The molecule has 0 radical (unpaired) electrons. The lowest BCUT2D eigenvalue weighted by Crippen LogP contribution is -2.52. The van der Waals surface area contributed by atoms with E-state index < -0.39 is 0 Å². The van der Waals surface area contributed by atoms with Gasteiger partial charge in [-0.15, -0.1) is 0 Å². The number of methoxy groups -OCH3 is 1. The molecular weight excluding hydrogens is 192 g/mol. The smallest absolute Gasteiger partial charge is 0.409 e. The molecule has 4 heteroatoms. The fraction of sp³-hybridized carbons (Fsp3) is 0.909. The van der Waals surface area contributed by atoms with Gasteiger partial charge in [0, 0.05) is 24.0 Å². The van der Waals surface area contributed by atoms with Gasteiger partial charge in [0.1, 0.15) is 0 Å². The van der Waals surface area contributed by atoms with Crippen LogP contribution in [0.1, 0.15) is 26.7 Å². The summed E-state index contributed by atoms with van der Waals surface area (Å²) in [5.41, 5.74) is 0.158. The molecule has 4 nitrogen and oxygen atoms in total. The summed E-state index contributed by atoms with van der Waals surface area (Å²) in [6, 6.07) is 0. The third-order valence-electron chi connectivity index (χ3n) is 4.43. The Kier molecular flexibility index (Phi) is 2.41. The molecule has 0 aliphatic carbocycles. The summed E-state index contributed by atoms with van der Waals surface area (Å²) in [6.45, 7) is 7.22. The second kappa shape index (κ2) is 3.37. The van der Waals surface area contributed by atoms with Crippen LogP contribution in [0.15, 0.2) is 0 Å². The summed E-state index contributed by atoms with van der Waals surface area (Å²) in [5.74, 6) is 0. The minimum Gasteiger partial charge on any atom is -0.453 e. The second-order valence-electron chi connectivity index (χ2n) is 5.14. The number of carbonyl (C=O) groups is 1. The zero-order chi connectivity index (χ0) is 11.1. The first-order valence-corrected chi connectivity index (χ1v) is 5.60. The van der Waals surface area contributed by atoms with Crippen molar-refractivity contribution in [3.8, 4) is 0 Å². The van der Waals surface area contributed by atoms with Crippen LogP contribution >= 0.6 is 0 Å². The maximum Gasteiger partial charge on any atom is 0.409 e. The lowest BCUT2D eigenvalue weighted by molar-refractivity contribution is 0.0608. The molecule has 86 valence electrons. The van der Waals surface area contributed by atoms with E-state index in [9.17, 15) is 4.79 Å². The van der Waals surface area contributed by atoms with E-state index in [0.717, 1.165) is 32.5 Å². The van der Waals surface area contributed by atoms with Gasteiger partial charge in [0.25, 0.3) is 0 Å². The topological polar surface area (TPSA) is 41.6 Å². The Balaban J connectivity index is 2.23. The van der Waals surface area contributed by atoms with Crippen LogP contribution in [0.25, 0.3) is 0 Å². The molecule has 2 aliphatic heterocycles.